The first-order valence-corrected chi connectivity index (χ1v) is 18.5. The van der Waals surface area contributed by atoms with Crippen molar-refractivity contribution in [2.45, 2.75) is 0 Å². The van der Waals surface area contributed by atoms with Crippen LogP contribution in [-0.2, 0) is 0 Å². The molecular weight excluding hydrogens is 670 g/mol. The van der Waals surface area contributed by atoms with Gasteiger partial charge in [-0.2, -0.15) is 0 Å². The maximum atomic E-state index is 13.1. The SMILES string of the molecule is O=C(Oc1ccc2ccc(=O)oc2c1)c1ccccc1[Se][Se]c1ccccc1C(=O)Oc1ccc2ccc(=O)oc2c1. The molecule has 8 nitrogen and oxygen atoms in total. The predicted molar refractivity (Wildman–Crippen MR) is 159 cm³/mol. The van der Waals surface area contributed by atoms with Gasteiger partial charge in [-0.25, -0.2) is 0 Å². The van der Waals surface area contributed by atoms with Crippen LogP contribution in [0.3, 0.4) is 0 Å². The molecule has 206 valence electrons. The van der Waals surface area contributed by atoms with Crippen molar-refractivity contribution in [2.24, 2.45) is 0 Å². The molecule has 4 aromatic carbocycles. The van der Waals surface area contributed by atoms with Crippen LogP contribution in [0.4, 0.5) is 0 Å². The Labute approximate surface area is 248 Å². The number of hydrogen-bond donors (Lipinski definition) is 0. The van der Waals surface area contributed by atoms with E-state index in [1.165, 1.54) is 24.3 Å². The Hall–Kier alpha value is -4.72. The minimum absolute atomic E-state index is 0.179. The summed E-state index contributed by atoms with van der Waals surface area (Å²) in [5.41, 5.74) is 0.515. The summed E-state index contributed by atoms with van der Waals surface area (Å²) in [4.78, 5) is 49.4. The number of carbonyl (C=O) groups is 2. The Morgan fingerprint density at radius 3 is 1.38 bits per heavy atom. The van der Waals surface area contributed by atoms with Crippen LogP contribution in [0, 0.1) is 0 Å². The molecule has 0 saturated heterocycles. The normalized spacial score (nSPS) is 11.0. The molecule has 0 spiro atoms. The number of ether oxygens (including phenoxy) is 2. The number of esters is 2. The third-order valence-electron chi connectivity index (χ3n) is 6.05. The van der Waals surface area contributed by atoms with E-state index in [0.717, 1.165) is 8.92 Å². The van der Waals surface area contributed by atoms with Crippen LogP contribution < -0.4 is 29.6 Å². The van der Waals surface area contributed by atoms with Gasteiger partial charge in [-0.1, -0.05) is 0 Å². The van der Waals surface area contributed by atoms with E-state index < -0.39 is 23.2 Å². The molecule has 10 heteroatoms. The number of benzene rings is 4. The van der Waals surface area contributed by atoms with Gasteiger partial charge in [0.25, 0.3) is 0 Å². The van der Waals surface area contributed by atoms with Crippen LogP contribution in [0.2, 0.25) is 0 Å². The molecule has 0 unspecified atom stereocenters. The van der Waals surface area contributed by atoms with Crippen molar-refractivity contribution in [3.63, 3.8) is 0 Å². The summed E-state index contributed by atoms with van der Waals surface area (Å²) in [6, 6.07) is 30.1. The molecule has 6 rings (SSSR count). The van der Waals surface area contributed by atoms with Crippen molar-refractivity contribution in [1.82, 2.24) is 0 Å². The van der Waals surface area contributed by atoms with E-state index in [2.05, 4.69) is 0 Å². The van der Waals surface area contributed by atoms with E-state index in [-0.39, 0.29) is 37.8 Å². The molecule has 2 aromatic heterocycles. The number of carbonyl (C=O) groups excluding carboxylic acids is 2. The number of rotatable bonds is 7. The molecule has 0 fully saturated rings. The summed E-state index contributed by atoms with van der Waals surface area (Å²) >= 11 is -0.358. The Bertz CT molecular complexity index is 1950. The third kappa shape index (κ3) is 6.12. The van der Waals surface area contributed by atoms with Gasteiger partial charge < -0.3 is 0 Å². The molecule has 2 heterocycles. The monoisotopic (exact) mass is 690 g/mol. The van der Waals surface area contributed by atoms with Gasteiger partial charge in [0.05, 0.1) is 0 Å². The van der Waals surface area contributed by atoms with Crippen molar-refractivity contribution >= 4 is 69.1 Å². The van der Waals surface area contributed by atoms with Crippen LogP contribution in [0.15, 0.2) is 128 Å². The Balaban J connectivity index is 1.18. The van der Waals surface area contributed by atoms with E-state index in [9.17, 15) is 19.2 Å². The molecule has 42 heavy (non-hydrogen) atoms. The first kappa shape index (κ1) is 27.4. The van der Waals surface area contributed by atoms with Crippen molar-refractivity contribution in [3.8, 4) is 11.5 Å². The second kappa shape index (κ2) is 12.0. The zero-order chi connectivity index (χ0) is 29.1. The van der Waals surface area contributed by atoms with Crippen LogP contribution in [0.1, 0.15) is 20.7 Å². The standard InChI is InChI=1S/C32H18O8Se2/c33-29-15-11-19-9-13-21(17-25(19)39-29)37-31(35)23-5-1-3-7-27(23)41-42-28-8-4-2-6-24(28)32(36)38-22-14-10-20-12-16-30(34)40-26(20)18-22/h1-18H. The molecule has 6 aromatic rings. The van der Waals surface area contributed by atoms with Gasteiger partial charge in [-0.05, 0) is 0 Å². The fraction of sp³-hybridized carbons (Fsp3) is 0. The molecule has 0 saturated carbocycles. The van der Waals surface area contributed by atoms with Gasteiger partial charge in [0.1, 0.15) is 0 Å². The van der Waals surface area contributed by atoms with Gasteiger partial charge in [0.15, 0.2) is 0 Å². The summed E-state index contributed by atoms with van der Waals surface area (Å²) in [7, 11) is 0. The topological polar surface area (TPSA) is 113 Å². The molecule has 0 bridgehead atoms. The molecule has 0 atom stereocenters. The maximum absolute atomic E-state index is 13.1. The van der Waals surface area contributed by atoms with Gasteiger partial charge >= 0.3 is 250 Å². The van der Waals surface area contributed by atoms with Crippen LogP contribution >= 0.6 is 0 Å². The van der Waals surface area contributed by atoms with E-state index in [0.29, 0.717) is 33.1 Å². The van der Waals surface area contributed by atoms with E-state index in [1.54, 1.807) is 60.7 Å². The molecule has 0 radical (unpaired) electrons. The third-order valence-corrected chi connectivity index (χ3v) is 13.3. The molecule has 0 aliphatic heterocycles. The van der Waals surface area contributed by atoms with Crippen molar-refractivity contribution in [2.75, 3.05) is 0 Å². The average Bonchev–Trinajstić information content (AvgIpc) is 3.00. The second-order valence-electron chi connectivity index (χ2n) is 8.85. The summed E-state index contributed by atoms with van der Waals surface area (Å²) in [6.45, 7) is 0. The zero-order valence-corrected chi connectivity index (χ0v) is 24.9. The first-order chi connectivity index (χ1) is 20.4. The molecule has 0 amide bonds. The fourth-order valence-electron chi connectivity index (χ4n) is 4.04. The van der Waals surface area contributed by atoms with E-state index in [4.69, 9.17) is 18.3 Å². The second-order valence-corrected chi connectivity index (χ2v) is 15.0. The number of fused-ring (bicyclic) bond motifs is 2. The van der Waals surface area contributed by atoms with Crippen molar-refractivity contribution < 1.29 is 27.9 Å². The fourth-order valence-corrected chi connectivity index (χ4v) is 11.1. The number of hydrogen-bond acceptors (Lipinski definition) is 8. The molecule has 0 aliphatic rings. The van der Waals surface area contributed by atoms with Gasteiger partial charge in [-0.15, -0.1) is 0 Å². The van der Waals surface area contributed by atoms with Crippen molar-refractivity contribution in [3.05, 3.63) is 141 Å². The zero-order valence-electron chi connectivity index (χ0n) is 21.5. The molecule has 0 N–H and O–H groups in total. The Morgan fingerprint density at radius 1 is 0.524 bits per heavy atom. The van der Waals surface area contributed by atoms with Crippen molar-refractivity contribution in [1.29, 1.82) is 0 Å². The quantitative estimate of drug-likeness (QED) is 0.108. The summed E-state index contributed by atoms with van der Waals surface area (Å²) in [5, 5.41) is 1.43. The van der Waals surface area contributed by atoms with Gasteiger partial charge in [-0.3, -0.25) is 0 Å². The summed E-state index contributed by atoms with van der Waals surface area (Å²) in [6.07, 6.45) is 0. The van der Waals surface area contributed by atoms with Gasteiger partial charge in [0.2, 0.25) is 0 Å². The van der Waals surface area contributed by atoms with E-state index >= 15 is 0 Å². The van der Waals surface area contributed by atoms with Crippen LogP contribution in [0.5, 0.6) is 11.5 Å². The minimum atomic E-state index is -0.531. The van der Waals surface area contributed by atoms with Crippen LogP contribution in [0.25, 0.3) is 21.9 Å². The van der Waals surface area contributed by atoms with Gasteiger partial charge in [0, 0.05) is 0 Å². The van der Waals surface area contributed by atoms with Crippen LogP contribution in [-0.4, -0.2) is 38.2 Å². The summed E-state index contributed by atoms with van der Waals surface area (Å²) in [5.74, 6) is -0.542. The Morgan fingerprint density at radius 2 is 0.929 bits per heavy atom. The first-order valence-electron chi connectivity index (χ1n) is 12.5. The molecular formula is C32H18O8Se2. The Kier molecular flexibility index (Phi) is 7.86. The van der Waals surface area contributed by atoms with E-state index in [1.807, 2.05) is 24.3 Å². The average molecular weight is 688 g/mol. The molecule has 0 aliphatic carbocycles. The predicted octanol–water partition coefficient (Wildman–Crippen LogP) is 3.61. The summed E-state index contributed by atoms with van der Waals surface area (Å²) < 4.78 is 23.3.